The molecular formula is C14H24N4. The topological polar surface area (TPSA) is 42.7 Å². The van der Waals surface area contributed by atoms with E-state index in [4.69, 9.17) is 0 Å². The van der Waals surface area contributed by atoms with Crippen molar-refractivity contribution in [2.75, 3.05) is 13.1 Å². The van der Waals surface area contributed by atoms with E-state index in [9.17, 15) is 0 Å². The van der Waals surface area contributed by atoms with E-state index < -0.39 is 0 Å². The van der Waals surface area contributed by atoms with Crippen LogP contribution in [0.5, 0.6) is 0 Å². The Morgan fingerprint density at radius 3 is 2.44 bits per heavy atom. The molecule has 100 valence electrons. The van der Waals surface area contributed by atoms with Crippen molar-refractivity contribution in [1.29, 1.82) is 0 Å². The smallest absolute Gasteiger partial charge is 0.136 e. The van der Waals surface area contributed by atoms with Crippen LogP contribution in [0.3, 0.4) is 0 Å². The molecule has 0 aromatic carbocycles. The van der Waals surface area contributed by atoms with Crippen LogP contribution in [0.15, 0.2) is 0 Å². The molecule has 3 rings (SSSR count). The van der Waals surface area contributed by atoms with Crippen LogP contribution in [0.25, 0.3) is 0 Å². The fourth-order valence-electron chi connectivity index (χ4n) is 3.53. The Labute approximate surface area is 109 Å². The Balaban J connectivity index is 1.85. The average molecular weight is 248 g/mol. The third-order valence-electron chi connectivity index (χ3n) is 4.54. The zero-order valence-electron chi connectivity index (χ0n) is 11.4. The lowest BCUT2D eigenvalue weighted by atomic mass is 9.93. The lowest BCUT2D eigenvalue weighted by Gasteiger charge is -2.29. The second-order valence-electron chi connectivity index (χ2n) is 5.79. The van der Waals surface area contributed by atoms with Gasteiger partial charge in [-0.05, 0) is 45.7 Å². The van der Waals surface area contributed by atoms with Crippen molar-refractivity contribution in [1.82, 2.24) is 20.1 Å². The molecule has 0 atom stereocenters. The zero-order chi connectivity index (χ0) is 12.4. The molecule has 1 saturated carbocycles. The Morgan fingerprint density at radius 2 is 1.72 bits per heavy atom. The second kappa shape index (κ2) is 5.39. The van der Waals surface area contributed by atoms with Crippen molar-refractivity contribution < 1.29 is 0 Å². The Kier molecular flexibility index (Phi) is 3.64. The Hall–Kier alpha value is -0.900. The summed E-state index contributed by atoms with van der Waals surface area (Å²) in [4.78, 5) is 0. The van der Waals surface area contributed by atoms with Crippen LogP contribution in [0.4, 0.5) is 0 Å². The standard InChI is InChI=1S/C14H24N4/c1-11-16-17-14(12-7-9-15-10-8-12)18(11)13-5-3-2-4-6-13/h12-13,15H,2-10H2,1H3. The summed E-state index contributed by atoms with van der Waals surface area (Å²) in [5, 5.41) is 12.3. The molecule has 1 aromatic rings. The summed E-state index contributed by atoms with van der Waals surface area (Å²) in [5.41, 5.74) is 0. The summed E-state index contributed by atoms with van der Waals surface area (Å²) >= 11 is 0. The number of nitrogens with zero attached hydrogens (tertiary/aromatic N) is 3. The molecule has 2 fully saturated rings. The number of hydrogen-bond donors (Lipinski definition) is 1. The van der Waals surface area contributed by atoms with Gasteiger partial charge in [0.15, 0.2) is 0 Å². The highest BCUT2D eigenvalue weighted by Gasteiger charge is 2.26. The predicted octanol–water partition coefficient (Wildman–Crippen LogP) is 2.56. The van der Waals surface area contributed by atoms with E-state index in [2.05, 4.69) is 27.0 Å². The molecule has 0 bridgehead atoms. The number of piperidine rings is 1. The van der Waals surface area contributed by atoms with Gasteiger partial charge in [0.25, 0.3) is 0 Å². The number of hydrogen-bond acceptors (Lipinski definition) is 3. The fourth-order valence-corrected chi connectivity index (χ4v) is 3.53. The van der Waals surface area contributed by atoms with E-state index in [1.165, 1.54) is 50.8 Å². The molecule has 18 heavy (non-hydrogen) atoms. The molecule has 0 radical (unpaired) electrons. The van der Waals surface area contributed by atoms with Crippen LogP contribution in [-0.4, -0.2) is 27.9 Å². The van der Waals surface area contributed by atoms with E-state index in [0.29, 0.717) is 12.0 Å². The average Bonchev–Trinajstić information content (AvgIpc) is 2.83. The van der Waals surface area contributed by atoms with E-state index in [1.54, 1.807) is 0 Å². The summed E-state index contributed by atoms with van der Waals surface area (Å²) in [5.74, 6) is 3.01. The SMILES string of the molecule is Cc1nnc(C2CCNCC2)n1C1CCCCC1. The van der Waals surface area contributed by atoms with Crippen LogP contribution in [0.2, 0.25) is 0 Å². The first kappa shape index (κ1) is 12.2. The summed E-state index contributed by atoms with van der Waals surface area (Å²) in [7, 11) is 0. The van der Waals surface area contributed by atoms with Gasteiger partial charge in [-0.25, -0.2) is 0 Å². The molecule has 1 saturated heterocycles. The number of rotatable bonds is 2. The lowest BCUT2D eigenvalue weighted by Crippen LogP contribution is -2.29. The van der Waals surface area contributed by atoms with Gasteiger partial charge in [0.05, 0.1) is 0 Å². The highest BCUT2D eigenvalue weighted by atomic mass is 15.3. The molecular weight excluding hydrogens is 224 g/mol. The maximum absolute atomic E-state index is 4.50. The molecule has 2 heterocycles. The minimum absolute atomic E-state index is 0.620. The van der Waals surface area contributed by atoms with Gasteiger partial charge >= 0.3 is 0 Å². The number of aromatic nitrogens is 3. The van der Waals surface area contributed by atoms with E-state index in [1.807, 2.05) is 0 Å². The molecule has 1 aliphatic heterocycles. The first-order chi connectivity index (χ1) is 8.86. The maximum Gasteiger partial charge on any atom is 0.136 e. The number of nitrogens with one attached hydrogen (secondary N) is 1. The van der Waals surface area contributed by atoms with E-state index in [0.717, 1.165) is 18.9 Å². The van der Waals surface area contributed by atoms with Crippen molar-refractivity contribution in [3.05, 3.63) is 11.6 Å². The minimum atomic E-state index is 0.620. The molecule has 4 nitrogen and oxygen atoms in total. The molecule has 1 aromatic heterocycles. The largest absolute Gasteiger partial charge is 0.317 e. The summed E-state index contributed by atoms with van der Waals surface area (Å²) < 4.78 is 2.47. The third kappa shape index (κ3) is 2.30. The van der Waals surface area contributed by atoms with Gasteiger partial charge in [0, 0.05) is 12.0 Å². The minimum Gasteiger partial charge on any atom is -0.317 e. The molecule has 2 aliphatic rings. The van der Waals surface area contributed by atoms with Crippen LogP contribution in [0.1, 0.15) is 68.6 Å². The van der Waals surface area contributed by atoms with Crippen molar-refractivity contribution >= 4 is 0 Å². The van der Waals surface area contributed by atoms with Crippen LogP contribution >= 0.6 is 0 Å². The number of aryl methyl sites for hydroxylation is 1. The van der Waals surface area contributed by atoms with Crippen LogP contribution in [-0.2, 0) is 0 Å². The normalized spacial score (nSPS) is 23.4. The van der Waals surface area contributed by atoms with Crippen LogP contribution in [0, 0.1) is 6.92 Å². The van der Waals surface area contributed by atoms with Gasteiger partial charge in [-0.3, -0.25) is 0 Å². The van der Waals surface area contributed by atoms with Crippen molar-refractivity contribution in [3.8, 4) is 0 Å². The van der Waals surface area contributed by atoms with Gasteiger partial charge in [-0.1, -0.05) is 19.3 Å². The second-order valence-corrected chi connectivity index (χ2v) is 5.79. The summed E-state index contributed by atoms with van der Waals surface area (Å²) in [6, 6.07) is 0.665. The van der Waals surface area contributed by atoms with Gasteiger partial charge in [0.1, 0.15) is 11.6 Å². The third-order valence-corrected chi connectivity index (χ3v) is 4.54. The molecule has 1 aliphatic carbocycles. The summed E-state index contributed by atoms with van der Waals surface area (Å²) in [6.45, 7) is 4.37. The van der Waals surface area contributed by atoms with Gasteiger partial charge in [-0.2, -0.15) is 0 Å². The Bertz CT molecular complexity index is 386. The Morgan fingerprint density at radius 1 is 1.00 bits per heavy atom. The molecule has 0 spiro atoms. The molecule has 0 unspecified atom stereocenters. The maximum atomic E-state index is 4.50. The lowest BCUT2D eigenvalue weighted by molar-refractivity contribution is 0.326. The summed E-state index contributed by atoms with van der Waals surface area (Å²) in [6.07, 6.45) is 9.20. The van der Waals surface area contributed by atoms with Crippen molar-refractivity contribution in [2.24, 2.45) is 0 Å². The first-order valence-electron chi connectivity index (χ1n) is 7.48. The van der Waals surface area contributed by atoms with Gasteiger partial charge < -0.3 is 9.88 Å². The van der Waals surface area contributed by atoms with Gasteiger partial charge in [-0.15, -0.1) is 10.2 Å². The van der Waals surface area contributed by atoms with Gasteiger partial charge in [0.2, 0.25) is 0 Å². The highest BCUT2D eigenvalue weighted by Crippen LogP contribution is 2.33. The van der Waals surface area contributed by atoms with Crippen molar-refractivity contribution in [3.63, 3.8) is 0 Å². The molecule has 0 amide bonds. The van der Waals surface area contributed by atoms with E-state index >= 15 is 0 Å². The van der Waals surface area contributed by atoms with Crippen LogP contribution < -0.4 is 5.32 Å². The highest BCUT2D eigenvalue weighted by molar-refractivity contribution is 5.05. The molecule has 4 heteroatoms. The predicted molar refractivity (Wildman–Crippen MR) is 71.7 cm³/mol. The first-order valence-corrected chi connectivity index (χ1v) is 7.48. The van der Waals surface area contributed by atoms with E-state index in [-0.39, 0.29) is 0 Å². The fraction of sp³-hybridized carbons (Fsp3) is 0.857. The monoisotopic (exact) mass is 248 g/mol. The van der Waals surface area contributed by atoms with Crippen molar-refractivity contribution in [2.45, 2.75) is 63.8 Å². The molecule has 1 N–H and O–H groups in total. The quantitative estimate of drug-likeness (QED) is 0.874. The zero-order valence-corrected chi connectivity index (χ0v) is 11.4.